The van der Waals surface area contributed by atoms with E-state index in [1.165, 1.54) is 11.3 Å². The van der Waals surface area contributed by atoms with Crippen LogP contribution >= 0.6 is 11.3 Å². The van der Waals surface area contributed by atoms with Crippen LogP contribution in [0.4, 0.5) is 0 Å². The summed E-state index contributed by atoms with van der Waals surface area (Å²) in [5, 5.41) is 20.1. The van der Waals surface area contributed by atoms with E-state index < -0.39 is 0 Å². The van der Waals surface area contributed by atoms with Crippen molar-refractivity contribution in [3.8, 4) is 11.8 Å². The fraction of sp³-hybridized carbons (Fsp3) is 0.111. The highest BCUT2D eigenvalue weighted by molar-refractivity contribution is 7.19. The summed E-state index contributed by atoms with van der Waals surface area (Å²) in [7, 11) is 0. The number of thiazole rings is 1. The van der Waals surface area contributed by atoms with E-state index in [2.05, 4.69) is 4.98 Å². The van der Waals surface area contributed by atoms with Gasteiger partial charge in [-0.05, 0) is 31.2 Å². The summed E-state index contributed by atoms with van der Waals surface area (Å²) in [6.07, 6.45) is 0. The van der Waals surface area contributed by atoms with Gasteiger partial charge in [0, 0.05) is 0 Å². The maximum Gasteiger partial charge on any atom is 0.151 e. The summed E-state index contributed by atoms with van der Waals surface area (Å²) in [6, 6.07) is 17.1. The second-order valence-corrected chi connectivity index (χ2v) is 6.05. The van der Waals surface area contributed by atoms with Gasteiger partial charge in [0.25, 0.3) is 0 Å². The van der Waals surface area contributed by atoms with Gasteiger partial charge in [0.05, 0.1) is 10.2 Å². The summed E-state index contributed by atoms with van der Waals surface area (Å²) in [4.78, 5) is 4.39. The zero-order chi connectivity index (χ0) is 16.2. The molecule has 114 valence electrons. The van der Waals surface area contributed by atoms with Crippen LogP contribution in [-0.4, -0.2) is 16.7 Å². The van der Waals surface area contributed by atoms with Crippen LogP contribution in [-0.2, 0) is 0 Å². The van der Waals surface area contributed by atoms with E-state index in [4.69, 9.17) is 4.74 Å². The molecule has 0 radical (unpaired) electrons. The van der Waals surface area contributed by atoms with Crippen LogP contribution < -0.4 is 4.74 Å². The van der Waals surface area contributed by atoms with Gasteiger partial charge in [0.2, 0.25) is 0 Å². The van der Waals surface area contributed by atoms with Crippen LogP contribution in [0.1, 0.15) is 10.6 Å². The summed E-state index contributed by atoms with van der Waals surface area (Å²) in [5.41, 5.74) is 2.09. The SMILES string of the molecule is Cc1ccc(OCC(O)=C(C#N)c2nc3ccccc3s2)cc1. The maximum absolute atomic E-state index is 10.2. The normalized spacial score (nSPS) is 11.8. The Morgan fingerprint density at radius 2 is 1.96 bits per heavy atom. The molecule has 0 aliphatic carbocycles. The summed E-state index contributed by atoms with van der Waals surface area (Å²) < 4.78 is 6.49. The molecule has 0 unspecified atom stereocenters. The Hall–Kier alpha value is -2.84. The maximum atomic E-state index is 10.2. The van der Waals surface area contributed by atoms with Gasteiger partial charge in [-0.25, -0.2) is 4.98 Å². The van der Waals surface area contributed by atoms with Gasteiger partial charge in [-0.15, -0.1) is 11.3 Å². The van der Waals surface area contributed by atoms with Crippen LogP contribution in [0.2, 0.25) is 0 Å². The van der Waals surface area contributed by atoms with Gasteiger partial charge in [-0.1, -0.05) is 29.8 Å². The molecule has 2 aromatic carbocycles. The number of aromatic nitrogens is 1. The average molecular weight is 322 g/mol. The fourth-order valence-electron chi connectivity index (χ4n) is 2.07. The Labute approximate surface area is 137 Å². The number of allylic oxidation sites excluding steroid dienone is 1. The minimum atomic E-state index is -0.118. The zero-order valence-electron chi connectivity index (χ0n) is 12.5. The number of para-hydroxylation sites is 1. The molecule has 1 aromatic heterocycles. The standard InChI is InChI=1S/C18H14N2O2S/c1-12-6-8-13(9-7-12)22-11-16(21)14(10-19)18-20-15-4-2-3-5-17(15)23-18/h2-9,21H,11H2,1H3. The molecule has 0 spiro atoms. The van der Waals surface area contributed by atoms with Gasteiger partial charge < -0.3 is 9.84 Å². The van der Waals surface area contributed by atoms with Gasteiger partial charge in [0.15, 0.2) is 5.76 Å². The van der Waals surface area contributed by atoms with Crippen molar-refractivity contribution < 1.29 is 9.84 Å². The molecule has 0 fully saturated rings. The van der Waals surface area contributed by atoms with Crippen molar-refractivity contribution in [3.05, 3.63) is 64.9 Å². The molecule has 0 saturated carbocycles. The van der Waals surface area contributed by atoms with Crippen LogP contribution in [0, 0.1) is 18.3 Å². The Balaban J connectivity index is 1.84. The minimum Gasteiger partial charge on any atom is -0.507 e. The van der Waals surface area contributed by atoms with Crippen molar-refractivity contribution in [2.75, 3.05) is 6.61 Å². The molecule has 0 amide bonds. The van der Waals surface area contributed by atoms with Crippen LogP contribution in [0.5, 0.6) is 5.75 Å². The number of rotatable bonds is 4. The van der Waals surface area contributed by atoms with Crippen molar-refractivity contribution in [2.24, 2.45) is 0 Å². The summed E-state index contributed by atoms with van der Waals surface area (Å²) in [5.74, 6) is 0.524. The number of aliphatic hydroxyl groups excluding tert-OH is 1. The van der Waals surface area contributed by atoms with Crippen LogP contribution in [0.15, 0.2) is 54.3 Å². The topological polar surface area (TPSA) is 66.1 Å². The minimum absolute atomic E-state index is 0.0676. The number of hydrogen-bond acceptors (Lipinski definition) is 5. The molecule has 5 heteroatoms. The monoisotopic (exact) mass is 322 g/mol. The van der Waals surface area contributed by atoms with E-state index in [9.17, 15) is 10.4 Å². The van der Waals surface area contributed by atoms with Gasteiger partial charge in [-0.3, -0.25) is 0 Å². The highest BCUT2D eigenvalue weighted by atomic mass is 32.1. The lowest BCUT2D eigenvalue weighted by Gasteiger charge is -2.06. The molecule has 0 aliphatic rings. The van der Waals surface area contributed by atoms with E-state index in [1.807, 2.05) is 61.5 Å². The van der Waals surface area contributed by atoms with E-state index in [1.54, 1.807) is 0 Å². The number of benzene rings is 2. The second kappa shape index (κ2) is 6.51. The lowest BCUT2D eigenvalue weighted by atomic mass is 10.2. The summed E-state index contributed by atoms with van der Waals surface area (Å²) in [6.45, 7) is 1.92. The number of nitrogens with zero attached hydrogens (tertiary/aromatic N) is 2. The van der Waals surface area contributed by atoms with Gasteiger partial charge in [0.1, 0.15) is 29.0 Å². The van der Waals surface area contributed by atoms with E-state index in [0.717, 1.165) is 15.8 Å². The predicted molar refractivity (Wildman–Crippen MR) is 91.5 cm³/mol. The van der Waals surface area contributed by atoms with Crippen molar-refractivity contribution in [1.29, 1.82) is 5.26 Å². The number of aliphatic hydroxyl groups is 1. The molecule has 0 aliphatic heterocycles. The first-order valence-corrected chi connectivity index (χ1v) is 7.86. The van der Waals surface area contributed by atoms with Crippen molar-refractivity contribution in [3.63, 3.8) is 0 Å². The quantitative estimate of drug-likeness (QED) is 0.568. The van der Waals surface area contributed by atoms with E-state index in [0.29, 0.717) is 10.8 Å². The number of fused-ring (bicyclic) bond motifs is 1. The number of hydrogen-bond donors (Lipinski definition) is 1. The zero-order valence-corrected chi connectivity index (χ0v) is 13.3. The molecule has 1 N–H and O–H groups in total. The highest BCUT2D eigenvalue weighted by Gasteiger charge is 2.14. The molecule has 4 nitrogen and oxygen atoms in total. The Kier molecular flexibility index (Phi) is 4.26. The third-order valence-corrected chi connectivity index (χ3v) is 4.36. The summed E-state index contributed by atoms with van der Waals surface area (Å²) >= 11 is 1.37. The highest BCUT2D eigenvalue weighted by Crippen LogP contribution is 2.28. The molecule has 0 bridgehead atoms. The first kappa shape index (κ1) is 15.1. The average Bonchev–Trinajstić information content (AvgIpc) is 2.98. The Morgan fingerprint density at radius 3 is 2.65 bits per heavy atom. The van der Waals surface area contributed by atoms with Crippen LogP contribution in [0.25, 0.3) is 15.8 Å². The first-order chi connectivity index (χ1) is 11.2. The van der Waals surface area contributed by atoms with Crippen molar-refractivity contribution in [2.45, 2.75) is 6.92 Å². The fourth-order valence-corrected chi connectivity index (χ4v) is 3.06. The molecule has 3 aromatic rings. The molecule has 3 rings (SSSR count). The van der Waals surface area contributed by atoms with Crippen LogP contribution in [0.3, 0.4) is 0 Å². The lowest BCUT2D eigenvalue weighted by molar-refractivity contribution is 0.272. The number of ether oxygens (including phenoxy) is 1. The molecule has 0 saturated heterocycles. The number of nitriles is 1. The predicted octanol–water partition coefficient (Wildman–Crippen LogP) is 4.48. The molecule has 23 heavy (non-hydrogen) atoms. The van der Waals surface area contributed by atoms with Gasteiger partial charge >= 0.3 is 0 Å². The second-order valence-electron chi connectivity index (χ2n) is 5.02. The first-order valence-electron chi connectivity index (χ1n) is 7.05. The van der Waals surface area contributed by atoms with Gasteiger partial charge in [-0.2, -0.15) is 5.26 Å². The third kappa shape index (κ3) is 3.33. The molecule has 1 heterocycles. The van der Waals surface area contributed by atoms with E-state index >= 15 is 0 Å². The molecular formula is C18H14N2O2S. The van der Waals surface area contributed by atoms with Crippen molar-refractivity contribution in [1.82, 2.24) is 4.98 Å². The lowest BCUT2D eigenvalue weighted by Crippen LogP contribution is -2.03. The molecular weight excluding hydrogens is 308 g/mol. The Bertz CT molecular complexity index is 872. The third-order valence-electron chi connectivity index (χ3n) is 3.30. The van der Waals surface area contributed by atoms with E-state index in [-0.39, 0.29) is 17.9 Å². The largest absolute Gasteiger partial charge is 0.507 e. The number of aryl methyl sites for hydroxylation is 1. The smallest absolute Gasteiger partial charge is 0.151 e. The molecule has 0 atom stereocenters. The van der Waals surface area contributed by atoms with Crippen molar-refractivity contribution >= 4 is 27.1 Å². The Morgan fingerprint density at radius 1 is 1.22 bits per heavy atom.